The third-order valence-electron chi connectivity index (χ3n) is 21.2. The van der Waals surface area contributed by atoms with Gasteiger partial charge in [-0.1, -0.05) is 31.3 Å². The highest BCUT2D eigenvalue weighted by atomic mass is 32.5. The van der Waals surface area contributed by atoms with Gasteiger partial charge >= 0.3 is 40.3 Å². The molecule has 60 nitrogen and oxygen atoms in total. The minimum Gasteiger partial charge on any atom is -0.397 e. The van der Waals surface area contributed by atoms with Gasteiger partial charge in [-0.2, -0.15) is 43.0 Å². The van der Waals surface area contributed by atoms with E-state index in [4.69, 9.17) is 188 Å². The van der Waals surface area contributed by atoms with Crippen molar-refractivity contribution in [2.45, 2.75) is 148 Å². The summed E-state index contributed by atoms with van der Waals surface area (Å²) in [4.78, 5) is 133. The van der Waals surface area contributed by atoms with Crippen molar-refractivity contribution >= 4 is 213 Å². The number of anilines is 6. The Labute approximate surface area is 771 Å². The number of aromatic amines is 3. The molecule has 0 spiro atoms. The van der Waals surface area contributed by atoms with Crippen molar-refractivity contribution in [1.29, 1.82) is 0 Å². The summed E-state index contributed by atoms with van der Waals surface area (Å²) in [7, 11) is 0. The van der Waals surface area contributed by atoms with Crippen LogP contribution in [0, 0.1) is 0 Å². The molecule has 21 heterocycles. The van der Waals surface area contributed by atoms with E-state index >= 15 is 26.3 Å². The van der Waals surface area contributed by atoms with Gasteiger partial charge in [-0.3, -0.25) is 56.5 Å². The van der Waals surface area contributed by atoms with Gasteiger partial charge in [0.1, 0.15) is 73.2 Å². The van der Waals surface area contributed by atoms with Gasteiger partial charge in [-0.05, 0) is 89.0 Å². The van der Waals surface area contributed by atoms with Gasteiger partial charge in [0.05, 0.1) is 56.7 Å². The maximum Gasteiger partial charge on any atom is 0.325 e. The molecule has 0 aliphatic carbocycles. The molecule has 30 atom stereocenters. The highest BCUT2D eigenvalue weighted by Gasteiger charge is 2.60. The van der Waals surface area contributed by atoms with Gasteiger partial charge in [0.2, 0.25) is 17.8 Å². The largest absolute Gasteiger partial charge is 0.397 e. The predicted octanol–water partition coefficient (Wildman–Crippen LogP) is -2.28. The molecule has 9 saturated heterocycles. The lowest BCUT2D eigenvalue weighted by atomic mass is 10.1. The van der Waals surface area contributed by atoms with Gasteiger partial charge in [-0.25, -0.2) is 41.3 Å². The Morgan fingerprint density at radius 2 is 0.511 bits per heavy atom. The lowest BCUT2D eigenvalue weighted by Crippen LogP contribution is -2.34. The Bertz CT molecular complexity index is 6510. The minimum atomic E-state index is -4.38. The first-order chi connectivity index (χ1) is 63.9. The lowest BCUT2D eigenvalue weighted by Gasteiger charge is -2.27. The van der Waals surface area contributed by atoms with E-state index in [1.807, 2.05) is 0 Å². The van der Waals surface area contributed by atoms with Crippen molar-refractivity contribution in [2.24, 2.45) is 0 Å². The van der Waals surface area contributed by atoms with Crippen molar-refractivity contribution < 1.29 is 138 Å². The lowest BCUT2D eigenvalue weighted by molar-refractivity contribution is -0.0652. The molecule has 135 heavy (non-hydrogen) atoms. The van der Waals surface area contributed by atoms with E-state index in [1.54, 1.807) is 0 Å². The van der Waals surface area contributed by atoms with E-state index in [-0.39, 0.29) is 102 Å². The minimum absolute atomic E-state index is 0.0836. The number of fused-ring (bicyclic) bond motifs is 15. The van der Waals surface area contributed by atoms with Crippen LogP contribution in [0.2, 0.25) is 0 Å². The van der Waals surface area contributed by atoms with Crippen molar-refractivity contribution in [3.8, 4) is 0 Å². The fraction of sp³-hybridized carbons (Fsp3) is 0.526. The standard InChI is InChI=1S/3C19H21F2N11O9P2S2/c3*20-8-6-3-36-42(34,44)40-12-7(39-17(9(12)21)31-14-10(27-29-31)5(22)1-2-24-14)4-37-43(35,45)41-13(8)18(38-6)32-15-11(28-30-32)16(33)26-19(23)25-15/h3*1-2,6-9,12-13,17-18H,3-4H2,(H2,22,24)(H,34,44)(H,35,45)(H3,23,25,26,33)/t6-,7-,8+,9+,12-,13-,17-,18-,42?,43?;2*6-,7-,8-,9+,12-,13-,17-,18-,42?,43?/m111/s1. The first kappa shape index (κ1) is 95.7. The van der Waals surface area contributed by atoms with Crippen LogP contribution in [0.3, 0.4) is 0 Å². The number of H-pyrrole nitrogens is 3. The molecule has 21 rings (SSSR count). The monoisotopic (exact) mass is 2130 g/mol. The third kappa shape index (κ3) is 18.6. The van der Waals surface area contributed by atoms with Crippen molar-refractivity contribution in [3.05, 3.63) is 67.9 Å². The first-order valence-electron chi connectivity index (χ1n) is 38.3. The summed E-state index contributed by atoms with van der Waals surface area (Å²) in [5.41, 5.74) is 32.5. The zero-order valence-corrected chi connectivity index (χ0v) is 76.7. The summed E-state index contributed by atoms with van der Waals surface area (Å²) in [6.45, 7) is -30.5. The number of nitrogens with one attached hydrogen (secondary N) is 3. The zero-order chi connectivity index (χ0) is 95.5. The Balaban J connectivity index is 0.000000130. The number of nitrogens with two attached hydrogens (primary N) is 6. The summed E-state index contributed by atoms with van der Waals surface area (Å²) in [5.74, 6) is -0.895. The molecule has 9 aliphatic heterocycles. The number of ether oxygens (including phenoxy) is 6. The van der Waals surface area contributed by atoms with E-state index in [9.17, 15) is 43.7 Å². The molecule has 12 aromatic heterocycles. The summed E-state index contributed by atoms with van der Waals surface area (Å²) >= 11 is 30.7. The molecule has 0 amide bonds. The van der Waals surface area contributed by atoms with Crippen LogP contribution >= 0.6 is 40.3 Å². The molecule has 6 unspecified atom stereocenters. The first-order valence-corrected chi connectivity index (χ1v) is 53.9. The summed E-state index contributed by atoms with van der Waals surface area (Å²) in [6, 6.07) is 4.43. The fourth-order valence-electron chi connectivity index (χ4n) is 15.2. The number of pyridine rings is 3. The number of rotatable bonds is 6. The van der Waals surface area contributed by atoms with Crippen LogP contribution in [0.15, 0.2) is 51.2 Å². The van der Waals surface area contributed by atoms with Gasteiger partial charge < -0.3 is 119 Å². The second kappa shape index (κ2) is 36.5. The van der Waals surface area contributed by atoms with E-state index < -0.39 is 244 Å². The molecular weight excluding hydrogens is 2070 g/mol. The topological polar surface area (TPSA) is 804 Å². The fourth-order valence-corrected chi connectivity index (χ4v) is 23.7. The van der Waals surface area contributed by atoms with Gasteiger partial charge in [0, 0.05) is 18.6 Å². The van der Waals surface area contributed by atoms with Gasteiger partial charge in [-0.15, -0.1) is 30.6 Å². The van der Waals surface area contributed by atoms with Crippen LogP contribution in [0.4, 0.5) is 61.2 Å². The molecular formula is C57H63F6N33O27P6S6. The summed E-state index contributed by atoms with van der Waals surface area (Å²) in [5, 5.41) is 46.1. The molecule has 21 N–H and O–H groups in total. The number of nitrogens with zero attached hydrogens (tertiary/aromatic N) is 24. The SMILES string of the molecule is Nc1nc2c(nnn2[C@@H]2O[C@@H]3COP(O)(=S)O[C@H]4[C@H](F)[C@H](n5nnc6c(N)ccnc65)O[C@@H]4COP(O)(=S)O[C@@H]2[C@@H]3F)c(=O)[nH]1.Nc1nc2c(nnn2[C@@H]2O[C@@H]3COP(O)(=S)O[C@H]4[C@H](F)[C@H](n5nnc6c(N)ccnc65)O[C@@H]4COP(O)(=S)O[C@@H]2[C@@H]3F)c(=O)[nH]1.Nc1nc2c(nnn2[C@@H]2O[C@@H]3COP(O)(=S)O[C@H]4[C@H](F)[C@H](n5nnc6c(N)ccnc65)O[C@@H]4COP(O)(=S)O[C@@H]2[C@H]3F)c(=O)[nH]1. The molecule has 6 bridgehead atoms. The summed E-state index contributed by atoms with van der Waals surface area (Å²) < 4.78 is 201. The molecule has 9 aliphatic rings. The number of aromatic nitrogens is 27. The maximum atomic E-state index is 16.0. The average molecular weight is 2130 g/mol. The average Bonchev–Trinajstić information content (AvgIpc) is 1.63. The Hall–Kier alpha value is -8.19. The molecule has 78 heteroatoms. The quantitative estimate of drug-likeness (QED) is 0.0616. The number of nitrogen functional groups attached to an aromatic ring is 6. The number of alkyl halides is 6. The molecule has 9 fully saturated rings. The molecule has 0 radical (unpaired) electrons. The third-order valence-corrected chi connectivity index (χ3v) is 30.6. The molecule has 726 valence electrons. The van der Waals surface area contributed by atoms with Crippen LogP contribution in [0.1, 0.15) is 37.4 Å². The second-order valence-electron chi connectivity index (χ2n) is 29.9. The van der Waals surface area contributed by atoms with Crippen molar-refractivity contribution in [1.82, 2.24) is 135 Å². The molecule has 12 aromatic rings. The highest BCUT2D eigenvalue weighted by Crippen LogP contribution is 2.60. The Morgan fingerprint density at radius 1 is 0.304 bits per heavy atom. The number of halogens is 6. The normalized spacial score (nSPS) is 37.7. The van der Waals surface area contributed by atoms with Crippen LogP contribution in [0.5, 0.6) is 0 Å². The maximum absolute atomic E-state index is 16.0. The van der Waals surface area contributed by atoms with E-state index in [0.29, 0.717) is 0 Å². The van der Waals surface area contributed by atoms with Crippen molar-refractivity contribution in [2.75, 3.05) is 74.0 Å². The van der Waals surface area contributed by atoms with Crippen molar-refractivity contribution in [3.63, 3.8) is 0 Å². The Morgan fingerprint density at radius 3 is 0.756 bits per heavy atom. The van der Waals surface area contributed by atoms with Gasteiger partial charge in [0.25, 0.3) is 16.7 Å². The van der Waals surface area contributed by atoms with E-state index in [1.165, 1.54) is 36.8 Å². The smallest absolute Gasteiger partial charge is 0.325 e. The zero-order valence-electron chi connectivity index (χ0n) is 66.4. The van der Waals surface area contributed by atoms with E-state index in [2.05, 4.69) is 107 Å². The van der Waals surface area contributed by atoms with Gasteiger partial charge in [0.15, 0.2) is 141 Å². The highest BCUT2D eigenvalue weighted by molar-refractivity contribution is 8.08. The second-order valence-corrected chi connectivity index (χ2v) is 46.6. The number of hydrogen-bond donors (Lipinski definition) is 15. The molecule has 0 aromatic carbocycles. The van der Waals surface area contributed by atoms with Crippen LogP contribution < -0.4 is 51.1 Å². The van der Waals surface area contributed by atoms with Crippen LogP contribution in [-0.4, -0.2) is 314 Å². The van der Waals surface area contributed by atoms with Crippen LogP contribution in [0.25, 0.3) is 67.0 Å². The Kier molecular flexibility index (Phi) is 25.9. The van der Waals surface area contributed by atoms with Crippen LogP contribution in [-0.2, 0) is 154 Å². The van der Waals surface area contributed by atoms with E-state index in [0.717, 1.165) is 28.1 Å². The molecule has 0 saturated carbocycles. The summed E-state index contributed by atoms with van der Waals surface area (Å²) in [6.07, 6.45) is -36.8. The number of hydrogen-bond acceptors (Lipinski definition) is 51. The predicted molar refractivity (Wildman–Crippen MR) is 457 cm³/mol.